The second kappa shape index (κ2) is 41.5. The molecule has 0 aliphatic rings. The van der Waals surface area contributed by atoms with E-state index in [1.165, 1.54) is 77.0 Å². The number of carbonyl (C=O) groups excluding carboxylic acids is 2. The Hall–Kier alpha value is -2.70. The highest BCUT2D eigenvalue weighted by molar-refractivity contribution is 5.77. The van der Waals surface area contributed by atoms with Crippen molar-refractivity contribution in [3.63, 3.8) is 0 Å². The van der Waals surface area contributed by atoms with Crippen molar-refractivity contribution in [2.45, 2.75) is 212 Å². The fourth-order valence-corrected chi connectivity index (χ4v) is 6.34. The van der Waals surface area contributed by atoms with Crippen LogP contribution in [0.2, 0.25) is 0 Å². The summed E-state index contributed by atoms with van der Waals surface area (Å²) in [6.45, 7) is 6.26. The molecular weight excluding hydrogens is 671 g/mol. The van der Waals surface area contributed by atoms with Crippen LogP contribution in [-0.4, -0.2) is 46.9 Å². The highest BCUT2D eigenvalue weighted by Gasteiger charge is 2.24. The maximum Gasteiger partial charge on any atom is 0.306 e. The van der Waals surface area contributed by atoms with Crippen LogP contribution in [0.5, 0.6) is 0 Å². The third-order valence-corrected chi connectivity index (χ3v) is 9.71. The van der Waals surface area contributed by atoms with E-state index in [2.05, 4.69) is 44.3 Å². The monoisotopic (exact) mass is 754 g/mol. The molecule has 54 heavy (non-hydrogen) atoms. The number of hydrogen-bond donors (Lipinski definition) is 3. The third-order valence-electron chi connectivity index (χ3n) is 9.71. The normalized spacial score (nSPS) is 14.1. The molecule has 0 saturated carbocycles. The largest absolute Gasteiger partial charge is 0.462 e. The van der Waals surface area contributed by atoms with Crippen molar-refractivity contribution in [2.24, 2.45) is 0 Å². The lowest BCUT2D eigenvalue weighted by atomic mass is 10.0. The molecule has 0 aliphatic carbocycles. The summed E-state index contributed by atoms with van der Waals surface area (Å²) >= 11 is 0. The number of unbranched alkanes of at least 4 members (excludes halogenated alkanes) is 19. The highest BCUT2D eigenvalue weighted by Crippen LogP contribution is 2.17. The van der Waals surface area contributed by atoms with E-state index < -0.39 is 18.2 Å². The summed E-state index contributed by atoms with van der Waals surface area (Å²) in [5.74, 6) is -0.536. The van der Waals surface area contributed by atoms with E-state index in [1.807, 2.05) is 54.7 Å². The van der Waals surface area contributed by atoms with E-state index in [-0.39, 0.29) is 24.9 Å². The van der Waals surface area contributed by atoms with Crippen LogP contribution in [-0.2, 0) is 14.3 Å². The summed E-state index contributed by atoms with van der Waals surface area (Å²) in [5.41, 5.74) is 0. The average Bonchev–Trinajstić information content (AvgIpc) is 3.16. The first kappa shape index (κ1) is 51.3. The fourth-order valence-electron chi connectivity index (χ4n) is 6.34. The molecule has 3 N–H and O–H groups in total. The predicted molar refractivity (Wildman–Crippen MR) is 231 cm³/mol. The maximum atomic E-state index is 13.1. The zero-order valence-electron chi connectivity index (χ0n) is 35.1. The Balaban J connectivity index is 4.56. The van der Waals surface area contributed by atoms with Gasteiger partial charge in [-0.1, -0.05) is 209 Å². The average molecular weight is 754 g/mol. The Kier molecular flexibility index (Phi) is 39.4. The van der Waals surface area contributed by atoms with Gasteiger partial charge in [-0.05, 0) is 44.9 Å². The van der Waals surface area contributed by atoms with E-state index in [0.717, 1.165) is 70.6 Å². The van der Waals surface area contributed by atoms with Crippen molar-refractivity contribution in [1.82, 2.24) is 5.32 Å². The molecule has 0 aromatic rings. The lowest BCUT2D eigenvalue weighted by Gasteiger charge is -2.24. The van der Waals surface area contributed by atoms with Gasteiger partial charge in [-0.3, -0.25) is 9.59 Å². The van der Waals surface area contributed by atoms with Gasteiger partial charge in [0, 0.05) is 6.42 Å². The van der Waals surface area contributed by atoms with Crippen LogP contribution in [0.1, 0.15) is 194 Å². The number of aliphatic hydroxyl groups is 2. The Morgan fingerprint density at radius 1 is 0.556 bits per heavy atom. The van der Waals surface area contributed by atoms with E-state index >= 15 is 0 Å². The molecule has 6 heteroatoms. The highest BCUT2D eigenvalue weighted by atomic mass is 16.5. The summed E-state index contributed by atoms with van der Waals surface area (Å²) < 4.78 is 5.85. The molecule has 0 aliphatic heterocycles. The summed E-state index contributed by atoms with van der Waals surface area (Å²) in [6.07, 6.45) is 51.1. The maximum absolute atomic E-state index is 13.1. The van der Waals surface area contributed by atoms with Crippen molar-refractivity contribution < 1.29 is 24.5 Å². The van der Waals surface area contributed by atoms with Gasteiger partial charge in [0.2, 0.25) is 5.91 Å². The molecule has 310 valence electrons. The van der Waals surface area contributed by atoms with Crippen molar-refractivity contribution in [3.05, 3.63) is 72.9 Å². The van der Waals surface area contributed by atoms with Gasteiger partial charge >= 0.3 is 5.97 Å². The molecular formula is C48H83NO5. The van der Waals surface area contributed by atoms with E-state index in [0.29, 0.717) is 19.3 Å². The summed E-state index contributed by atoms with van der Waals surface area (Å²) in [5, 5.41) is 23.5. The molecule has 3 unspecified atom stereocenters. The van der Waals surface area contributed by atoms with Gasteiger partial charge in [-0.15, -0.1) is 0 Å². The van der Waals surface area contributed by atoms with Gasteiger partial charge in [0.15, 0.2) is 0 Å². The summed E-state index contributed by atoms with van der Waals surface area (Å²) in [6, 6.07) is -0.709. The first-order chi connectivity index (χ1) is 26.5. The smallest absolute Gasteiger partial charge is 0.306 e. The van der Waals surface area contributed by atoms with Crippen LogP contribution in [0.15, 0.2) is 72.9 Å². The number of carbonyl (C=O) groups is 2. The zero-order valence-corrected chi connectivity index (χ0v) is 35.1. The molecule has 0 aromatic carbocycles. The van der Waals surface area contributed by atoms with Gasteiger partial charge in [0.05, 0.1) is 25.2 Å². The summed E-state index contributed by atoms with van der Waals surface area (Å²) in [4.78, 5) is 25.9. The molecule has 0 saturated heterocycles. The molecule has 0 aromatic heterocycles. The number of rotatable bonds is 38. The van der Waals surface area contributed by atoms with Crippen LogP contribution in [0, 0.1) is 0 Å². The number of nitrogens with one attached hydrogen (secondary N) is 1. The fraction of sp³-hybridized carbons (Fsp3) is 0.708. The number of aliphatic hydroxyl groups excluding tert-OH is 2. The molecule has 3 atom stereocenters. The number of ether oxygens (including phenoxy) is 1. The van der Waals surface area contributed by atoms with Gasteiger partial charge in [0.1, 0.15) is 6.10 Å². The second-order valence-electron chi connectivity index (χ2n) is 14.9. The molecule has 0 bridgehead atoms. The minimum atomic E-state index is -0.794. The Labute approximate surface area is 332 Å². The van der Waals surface area contributed by atoms with Crippen molar-refractivity contribution in [3.8, 4) is 0 Å². The van der Waals surface area contributed by atoms with Gasteiger partial charge in [-0.2, -0.15) is 0 Å². The lowest BCUT2D eigenvalue weighted by Crippen LogP contribution is -2.46. The van der Waals surface area contributed by atoms with Gasteiger partial charge in [0.25, 0.3) is 0 Å². The van der Waals surface area contributed by atoms with Crippen molar-refractivity contribution in [2.75, 3.05) is 6.61 Å². The molecule has 0 fully saturated rings. The van der Waals surface area contributed by atoms with Crippen molar-refractivity contribution >= 4 is 11.9 Å². The first-order valence-corrected chi connectivity index (χ1v) is 22.2. The predicted octanol–water partition coefficient (Wildman–Crippen LogP) is 12.7. The minimum Gasteiger partial charge on any atom is -0.462 e. The van der Waals surface area contributed by atoms with Crippen LogP contribution in [0.25, 0.3) is 0 Å². The van der Waals surface area contributed by atoms with Gasteiger partial charge in [-0.25, -0.2) is 0 Å². The minimum absolute atomic E-state index is 0.0563. The number of hydrogen-bond acceptors (Lipinski definition) is 5. The van der Waals surface area contributed by atoms with Crippen LogP contribution >= 0.6 is 0 Å². The molecule has 0 heterocycles. The lowest BCUT2D eigenvalue weighted by molar-refractivity contribution is -0.151. The topological polar surface area (TPSA) is 95.9 Å². The first-order valence-electron chi connectivity index (χ1n) is 22.2. The van der Waals surface area contributed by atoms with Crippen LogP contribution in [0.4, 0.5) is 0 Å². The molecule has 6 nitrogen and oxygen atoms in total. The SMILES string of the molecule is CC\C=C/C=C/C=C/C=C\C=C\C=C\CCCCCC(=O)OC(CCCCCCCCC)CC(=O)NC(CO)C(O)CCCCCCCCCCCCC. The number of allylic oxidation sites excluding steroid dienone is 12. The van der Waals surface area contributed by atoms with Crippen molar-refractivity contribution in [1.29, 1.82) is 0 Å². The molecule has 0 rings (SSSR count). The van der Waals surface area contributed by atoms with E-state index in [9.17, 15) is 19.8 Å². The molecule has 0 radical (unpaired) electrons. The second-order valence-corrected chi connectivity index (χ2v) is 14.9. The van der Waals surface area contributed by atoms with Gasteiger partial charge < -0.3 is 20.3 Å². The Bertz CT molecular complexity index is 1030. The standard InChI is InChI=1S/C48H83NO5/c1-4-7-10-13-16-18-20-21-22-23-24-25-27-29-32-35-38-41-48(53)54-44(39-36-33-30-15-12-9-6-3)42-47(52)49-45(43-50)46(51)40-37-34-31-28-26-19-17-14-11-8-5-2/h7,10,13,16,18,20-25,27,44-46,50-51H,4-6,8-9,11-12,14-15,17,19,26,28-43H2,1-3H3,(H,49,52)/b10-7-,16-13+,20-18+,22-21-,24-23+,27-25+. The number of esters is 1. The zero-order chi connectivity index (χ0) is 39.6. The van der Waals surface area contributed by atoms with E-state index in [1.54, 1.807) is 0 Å². The third kappa shape index (κ3) is 36.3. The number of amides is 1. The molecule has 1 amide bonds. The molecule has 0 spiro atoms. The van der Waals surface area contributed by atoms with Crippen LogP contribution in [0.3, 0.4) is 0 Å². The Morgan fingerprint density at radius 3 is 1.50 bits per heavy atom. The quantitative estimate of drug-likeness (QED) is 0.0331. The van der Waals surface area contributed by atoms with Crippen LogP contribution < -0.4 is 5.32 Å². The Morgan fingerprint density at radius 2 is 1.00 bits per heavy atom. The van der Waals surface area contributed by atoms with E-state index in [4.69, 9.17) is 4.74 Å². The summed E-state index contributed by atoms with van der Waals surface area (Å²) in [7, 11) is 0.